The Balaban J connectivity index is 2.31. The molecule has 1 aromatic carbocycles. The summed E-state index contributed by atoms with van der Waals surface area (Å²) >= 11 is 0. The van der Waals surface area contributed by atoms with Crippen LogP contribution in [-0.4, -0.2) is 25.7 Å². The van der Waals surface area contributed by atoms with E-state index < -0.39 is 0 Å². The van der Waals surface area contributed by atoms with Crippen LogP contribution in [0.15, 0.2) is 24.3 Å². The molecular weight excluding hydrogens is 227 g/mol. The standard InChI is InChI=1S/C15H25FN2/c1-4-18(12-6-5-11-17-13(2)3)15-9-7-14(16)8-10-15/h7-10,13,17H,4-6,11-12H2,1-3H3. The lowest BCUT2D eigenvalue weighted by atomic mass is 10.2. The predicted molar refractivity (Wildman–Crippen MR) is 76.7 cm³/mol. The molecule has 102 valence electrons. The van der Waals surface area contributed by atoms with Gasteiger partial charge in [0, 0.05) is 24.8 Å². The second-order valence-electron chi connectivity index (χ2n) is 4.87. The van der Waals surface area contributed by atoms with Crippen LogP contribution in [0.5, 0.6) is 0 Å². The van der Waals surface area contributed by atoms with Gasteiger partial charge in [-0.25, -0.2) is 4.39 Å². The van der Waals surface area contributed by atoms with Crippen molar-refractivity contribution in [2.45, 2.75) is 39.7 Å². The Labute approximate surface area is 110 Å². The molecule has 1 N–H and O–H groups in total. The van der Waals surface area contributed by atoms with Gasteiger partial charge in [-0.05, 0) is 50.6 Å². The molecule has 2 nitrogen and oxygen atoms in total. The van der Waals surface area contributed by atoms with Crippen LogP contribution in [0.2, 0.25) is 0 Å². The van der Waals surface area contributed by atoms with E-state index in [2.05, 4.69) is 31.0 Å². The maximum absolute atomic E-state index is 12.9. The van der Waals surface area contributed by atoms with Gasteiger partial charge in [0.15, 0.2) is 0 Å². The first-order valence-corrected chi connectivity index (χ1v) is 6.87. The number of rotatable bonds is 8. The Hall–Kier alpha value is -1.09. The van der Waals surface area contributed by atoms with E-state index in [1.165, 1.54) is 18.6 Å². The molecule has 1 rings (SSSR count). The van der Waals surface area contributed by atoms with Gasteiger partial charge in [-0.3, -0.25) is 0 Å². The summed E-state index contributed by atoms with van der Waals surface area (Å²) in [4.78, 5) is 2.29. The van der Waals surface area contributed by atoms with E-state index in [1.54, 1.807) is 0 Å². The molecule has 0 fully saturated rings. The number of nitrogens with one attached hydrogen (secondary N) is 1. The highest BCUT2D eigenvalue weighted by Crippen LogP contribution is 2.15. The second kappa shape index (κ2) is 8.09. The van der Waals surface area contributed by atoms with Crippen molar-refractivity contribution >= 4 is 5.69 Å². The molecule has 1 aromatic rings. The van der Waals surface area contributed by atoms with Gasteiger partial charge in [-0.2, -0.15) is 0 Å². The summed E-state index contributed by atoms with van der Waals surface area (Å²) in [6.07, 6.45) is 2.33. The summed E-state index contributed by atoms with van der Waals surface area (Å²) in [6.45, 7) is 9.52. The molecule has 0 amide bonds. The van der Waals surface area contributed by atoms with Crippen molar-refractivity contribution in [3.05, 3.63) is 30.1 Å². The molecule has 0 heterocycles. The number of unbranched alkanes of at least 4 members (excludes halogenated alkanes) is 1. The highest BCUT2D eigenvalue weighted by Gasteiger charge is 2.03. The monoisotopic (exact) mass is 252 g/mol. The number of nitrogens with zero attached hydrogens (tertiary/aromatic N) is 1. The second-order valence-corrected chi connectivity index (χ2v) is 4.87. The Kier molecular flexibility index (Phi) is 6.73. The molecule has 0 atom stereocenters. The highest BCUT2D eigenvalue weighted by atomic mass is 19.1. The van der Waals surface area contributed by atoms with E-state index in [-0.39, 0.29) is 5.82 Å². The zero-order chi connectivity index (χ0) is 13.4. The van der Waals surface area contributed by atoms with Crippen LogP contribution >= 0.6 is 0 Å². The first kappa shape index (κ1) is 15.0. The molecule has 0 aliphatic rings. The summed E-state index contributed by atoms with van der Waals surface area (Å²) in [6, 6.07) is 7.32. The van der Waals surface area contributed by atoms with E-state index in [1.807, 2.05) is 12.1 Å². The van der Waals surface area contributed by atoms with Crippen LogP contribution in [0.4, 0.5) is 10.1 Å². The SMILES string of the molecule is CCN(CCCCNC(C)C)c1ccc(F)cc1. The van der Waals surface area contributed by atoms with Crippen molar-refractivity contribution in [2.24, 2.45) is 0 Å². The number of benzene rings is 1. The maximum atomic E-state index is 12.9. The lowest BCUT2D eigenvalue weighted by molar-refractivity contribution is 0.555. The first-order valence-electron chi connectivity index (χ1n) is 6.87. The fourth-order valence-electron chi connectivity index (χ4n) is 1.94. The lowest BCUT2D eigenvalue weighted by Gasteiger charge is -2.23. The largest absolute Gasteiger partial charge is 0.372 e. The number of halogens is 1. The first-order chi connectivity index (χ1) is 8.63. The van der Waals surface area contributed by atoms with Gasteiger partial charge in [-0.1, -0.05) is 13.8 Å². The van der Waals surface area contributed by atoms with E-state index in [4.69, 9.17) is 0 Å². The van der Waals surface area contributed by atoms with Gasteiger partial charge in [0.05, 0.1) is 0 Å². The van der Waals surface area contributed by atoms with Crippen molar-refractivity contribution in [1.82, 2.24) is 5.32 Å². The third-order valence-corrected chi connectivity index (χ3v) is 2.98. The van der Waals surface area contributed by atoms with Crippen LogP contribution in [0.25, 0.3) is 0 Å². The fourth-order valence-corrected chi connectivity index (χ4v) is 1.94. The van der Waals surface area contributed by atoms with Crippen LogP contribution in [0.3, 0.4) is 0 Å². The van der Waals surface area contributed by atoms with Crippen LogP contribution in [0, 0.1) is 5.82 Å². The Morgan fingerprint density at radius 2 is 1.83 bits per heavy atom. The summed E-state index contributed by atoms with van der Waals surface area (Å²) in [7, 11) is 0. The van der Waals surface area contributed by atoms with Gasteiger partial charge in [-0.15, -0.1) is 0 Å². The fraction of sp³-hybridized carbons (Fsp3) is 0.600. The number of hydrogen-bond acceptors (Lipinski definition) is 2. The van der Waals surface area contributed by atoms with Gasteiger partial charge >= 0.3 is 0 Å². The predicted octanol–water partition coefficient (Wildman–Crippen LogP) is 3.43. The van der Waals surface area contributed by atoms with Crippen molar-refractivity contribution in [1.29, 1.82) is 0 Å². The summed E-state index contributed by atoms with van der Waals surface area (Å²) in [5.41, 5.74) is 1.11. The van der Waals surface area contributed by atoms with Gasteiger partial charge in [0.2, 0.25) is 0 Å². The molecule has 0 aliphatic heterocycles. The van der Waals surface area contributed by atoms with E-state index in [0.717, 1.165) is 31.7 Å². The topological polar surface area (TPSA) is 15.3 Å². The van der Waals surface area contributed by atoms with Gasteiger partial charge in [0.1, 0.15) is 5.82 Å². The zero-order valence-corrected chi connectivity index (χ0v) is 11.7. The molecule has 0 saturated carbocycles. The smallest absolute Gasteiger partial charge is 0.123 e. The molecule has 0 radical (unpaired) electrons. The van der Waals surface area contributed by atoms with E-state index >= 15 is 0 Å². The van der Waals surface area contributed by atoms with Crippen molar-refractivity contribution < 1.29 is 4.39 Å². The lowest BCUT2D eigenvalue weighted by Crippen LogP contribution is -2.27. The third-order valence-electron chi connectivity index (χ3n) is 2.98. The molecule has 3 heteroatoms. The Morgan fingerprint density at radius 3 is 2.39 bits per heavy atom. The van der Waals surface area contributed by atoms with E-state index in [0.29, 0.717) is 6.04 Å². The normalized spacial score (nSPS) is 10.9. The average Bonchev–Trinajstić information content (AvgIpc) is 2.35. The minimum atomic E-state index is -0.170. The summed E-state index contributed by atoms with van der Waals surface area (Å²) in [5, 5.41) is 3.42. The molecule has 0 saturated heterocycles. The van der Waals surface area contributed by atoms with Crippen LogP contribution in [0.1, 0.15) is 33.6 Å². The highest BCUT2D eigenvalue weighted by molar-refractivity contribution is 5.45. The molecule has 0 aliphatic carbocycles. The number of anilines is 1. The van der Waals surface area contributed by atoms with E-state index in [9.17, 15) is 4.39 Å². The van der Waals surface area contributed by atoms with Crippen molar-refractivity contribution in [3.8, 4) is 0 Å². The van der Waals surface area contributed by atoms with Gasteiger partial charge < -0.3 is 10.2 Å². The molecule has 18 heavy (non-hydrogen) atoms. The molecule has 0 bridgehead atoms. The van der Waals surface area contributed by atoms with Crippen LogP contribution < -0.4 is 10.2 Å². The van der Waals surface area contributed by atoms with Crippen molar-refractivity contribution in [3.63, 3.8) is 0 Å². The quantitative estimate of drug-likeness (QED) is 0.713. The molecule has 0 unspecified atom stereocenters. The number of hydrogen-bond donors (Lipinski definition) is 1. The maximum Gasteiger partial charge on any atom is 0.123 e. The molecule has 0 aromatic heterocycles. The summed E-state index contributed by atoms with van der Waals surface area (Å²) < 4.78 is 12.9. The zero-order valence-electron chi connectivity index (χ0n) is 11.7. The molecule has 0 spiro atoms. The minimum Gasteiger partial charge on any atom is -0.372 e. The summed E-state index contributed by atoms with van der Waals surface area (Å²) in [5.74, 6) is -0.170. The molecular formula is C15H25FN2. The minimum absolute atomic E-state index is 0.170. The third kappa shape index (κ3) is 5.50. The van der Waals surface area contributed by atoms with Crippen LogP contribution in [-0.2, 0) is 0 Å². The Morgan fingerprint density at radius 1 is 1.17 bits per heavy atom. The average molecular weight is 252 g/mol. The van der Waals surface area contributed by atoms with Crippen molar-refractivity contribution in [2.75, 3.05) is 24.5 Å². The van der Waals surface area contributed by atoms with Gasteiger partial charge in [0.25, 0.3) is 0 Å². The Bertz CT molecular complexity index is 322.